The average molecular weight is 239 g/mol. The average Bonchev–Trinajstić information content (AvgIpc) is 2.30. The van der Waals surface area contributed by atoms with Gasteiger partial charge >= 0.3 is 0 Å². The van der Waals surface area contributed by atoms with Crippen molar-refractivity contribution in [2.24, 2.45) is 4.99 Å². The number of methoxy groups -OCH3 is 2. The fourth-order valence-corrected chi connectivity index (χ4v) is 1.30. The summed E-state index contributed by atoms with van der Waals surface area (Å²) in [7, 11) is 3.01. The number of hydrogen-bond donors (Lipinski definition) is 2. The van der Waals surface area contributed by atoms with Gasteiger partial charge in [-0.1, -0.05) is 0 Å². The highest BCUT2D eigenvalue weighted by atomic mass is 16.5. The summed E-state index contributed by atoms with van der Waals surface area (Å²) in [4.78, 5) is 4.01. The summed E-state index contributed by atoms with van der Waals surface area (Å²) in [5.41, 5.74) is 0.467. The van der Waals surface area contributed by atoms with Crippen molar-refractivity contribution in [2.75, 3.05) is 20.8 Å². The minimum absolute atomic E-state index is 0.0237. The van der Waals surface area contributed by atoms with E-state index in [4.69, 9.17) is 14.6 Å². The van der Waals surface area contributed by atoms with Crippen LogP contribution in [-0.4, -0.2) is 43.3 Å². The molecule has 0 spiro atoms. The van der Waals surface area contributed by atoms with E-state index < -0.39 is 6.10 Å². The number of ether oxygens (including phenoxy) is 2. The molecule has 0 saturated carbocycles. The summed E-state index contributed by atoms with van der Waals surface area (Å²) in [6, 6.07) is 3.13. The summed E-state index contributed by atoms with van der Waals surface area (Å²) < 4.78 is 10.1. The summed E-state index contributed by atoms with van der Waals surface area (Å²) in [5, 5.41) is 18.9. The number of aromatic hydroxyl groups is 1. The zero-order chi connectivity index (χ0) is 12.8. The molecule has 17 heavy (non-hydrogen) atoms. The number of phenolic OH excluding ortho intramolecular Hbond substituents is 1. The number of aliphatic imine (C=N–C) groups is 1. The van der Waals surface area contributed by atoms with E-state index in [9.17, 15) is 5.11 Å². The van der Waals surface area contributed by atoms with Gasteiger partial charge in [-0.2, -0.15) is 0 Å². The first-order chi connectivity index (χ1) is 8.08. The topological polar surface area (TPSA) is 71.3 Å². The van der Waals surface area contributed by atoms with Crippen LogP contribution in [0.1, 0.15) is 12.5 Å². The van der Waals surface area contributed by atoms with E-state index >= 15 is 0 Å². The van der Waals surface area contributed by atoms with Crippen molar-refractivity contribution in [1.82, 2.24) is 0 Å². The van der Waals surface area contributed by atoms with Crippen LogP contribution >= 0.6 is 0 Å². The predicted molar refractivity (Wildman–Crippen MR) is 65.4 cm³/mol. The zero-order valence-electron chi connectivity index (χ0n) is 10.2. The van der Waals surface area contributed by atoms with Crippen LogP contribution in [0.25, 0.3) is 0 Å². The number of benzene rings is 1. The largest absolute Gasteiger partial charge is 0.507 e. The molecule has 0 heterocycles. The molecule has 0 bridgehead atoms. The van der Waals surface area contributed by atoms with Crippen LogP contribution < -0.4 is 9.47 Å². The summed E-state index contributed by atoms with van der Waals surface area (Å²) in [6.07, 6.45) is 0.956. The standard InChI is InChI=1S/C12H17NO4/c1-8(14)6-13-7-10-11(15)4-9(16-2)5-12(10)17-3/h4-5,7-8,14-15H,6H2,1-3H3. The molecule has 5 heteroatoms. The van der Waals surface area contributed by atoms with E-state index in [1.165, 1.54) is 26.5 Å². The van der Waals surface area contributed by atoms with E-state index in [0.29, 0.717) is 17.1 Å². The van der Waals surface area contributed by atoms with Crippen LogP contribution in [0.15, 0.2) is 17.1 Å². The van der Waals surface area contributed by atoms with Crippen molar-refractivity contribution in [3.05, 3.63) is 17.7 Å². The van der Waals surface area contributed by atoms with Crippen LogP contribution in [0.2, 0.25) is 0 Å². The lowest BCUT2D eigenvalue weighted by atomic mass is 10.2. The number of nitrogens with zero attached hydrogens (tertiary/aromatic N) is 1. The minimum atomic E-state index is -0.516. The van der Waals surface area contributed by atoms with Gasteiger partial charge in [0.25, 0.3) is 0 Å². The van der Waals surface area contributed by atoms with Crippen molar-refractivity contribution >= 4 is 6.21 Å². The fourth-order valence-electron chi connectivity index (χ4n) is 1.30. The molecule has 0 fully saturated rings. The lowest BCUT2D eigenvalue weighted by molar-refractivity contribution is 0.204. The maximum atomic E-state index is 9.79. The highest BCUT2D eigenvalue weighted by Gasteiger charge is 2.09. The van der Waals surface area contributed by atoms with Gasteiger partial charge in [0.1, 0.15) is 17.2 Å². The maximum absolute atomic E-state index is 9.79. The van der Waals surface area contributed by atoms with Gasteiger partial charge in [0.15, 0.2) is 0 Å². The zero-order valence-corrected chi connectivity index (χ0v) is 10.2. The van der Waals surface area contributed by atoms with E-state index in [1.807, 2.05) is 0 Å². The third-order valence-corrected chi connectivity index (χ3v) is 2.14. The Labute approximate surface area is 100 Å². The SMILES string of the molecule is COc1cc(O)c(C=NCC(C)O)c(OC)c1. The van der Waals surface area contributed by atoms with Gasteiger partial charge in [-0.05, 0) is 6.92 Å². The summed E-state index contributed by atoms with van der Waals surface area (Å²) in [6.45, 7) is 1.91. The molecule has 1 aromatic carbocycles. The van der Waals surface area contributed by atoms with Crippen LogP contribution in [0.4, 0.5) is 0 Å². The predicted octanol–water partition coefficient (Wildman–Crippen LogP) is 1.21. The Hall–Kier alpha value is -1.75. The van der Waals surface area contributed by atoms with Gasteiger partial charge in [0.2, 0.25) is 0 Å². The molecule has 94 valence electrons. The van der Waals surface area contributed by atoms with Crippen LogP contribution in [-0.2, 0) is 0 Å². The highest BCUT2D eigenvalue weighted by molar-refractivity contribution is 5.87. The molecule has 0 radical (unpaired) electrons. The van der Waals surface area contributed by atoms with Gasteiger partial charge < -0.3 is 19.7 Å². The first kappa shape index (κ1) is 13.3. The Morgan fingerprint density at radius 3 is 2.59 bits per heavy atom. The second kappa shape index (κ2) is 6.10. The first-order valence-electron chi connectivity index (χ1n) is 5.21. The lowest BCUT2D eigenvalue weighted by Gasteiger charge is -2.09. The number of aliphatic hydroxyl groups excluding tert-OH is 1. The molecular formula is C12H17NO4. The maximum Gasteiger partial charge on any atom is 0.135 e. The molecule has 0 amide bonds. The molecule has 0 aromatic heterocycles. The molecule has 1 rings (SSSR count). The van der Waals surface area contributed by atoms with Gasteiger partial charge in [-0.3, -0.25) is 4.99 Å². The Bertz CT molecular complexity index is 402. The highest BCUT2D eigenvalue weighted by Crippen LogP contribution is 2.31. The molecular weight excluding hydrogens is 222 g/mol. The summed E-state index contributed by atoms with van der Waals surface area (Å²) >= 11 is 0. The Balaban J connectivity index is 3.01. The van der Waals surface area contributed by atoms with Gasteiger partial charge in [0, 0.05) is 18.3 Å². The first-order valence-corrected chi connectivity index (χ1v) is 5.21. The molecule has 5 nitrogen and oxygen atoms in total. The van der Waals surface area contributed by atoms with E-state index in [2.05, 4.69) is 4.99 Å². The van der Waals surface area contributed by atoms with Crippen molar-refractivity contribution < 1.29 is 19.7 Å². The van der Waals surface area contributed by atoms with E-state index in [-0.39, 0.29) is 12.3 Å². The van der Waals surface area contributed by atoms with Crippen LogP contribution in [0.3, 0.4) is 0 Å². The molecule has 1 atom stereocenters. The Morgan fingerprint density at radius 2 is 2.06 bits per heavy atom. The third kappa shape index (κ3) is 3.64. The van der Waals surface area contributed by atoms with Crippen LogP contribution in [0.5, 0.6) is 17.2 Å². The summed E-state index contributed by atoms with van der Waals surface area (Å²) in [5.74, 6) is 0.999. The molecule has 0 aliphatic rings. The number of hydrogen-bond acceptors (Lipinski definition) is 5. The molecule has 0 saturated heterocycles. The Kier molecular flexibility index (Phi) is 4.78. The van der Waals surface area contributed by atoms with Crippen molar-refractivity contribution in [1.29, 1.82) is 0 Å². The molecule has 1 unspecified atom stereocenters. The number of phenols is 1. The minimum Gasteiger partial charge on any atom is -0.507 e. The fraction of sp³-hybridized carbons (Fsp3) is 0.417. The molecule has 0 aliphatic heterocycles. The molecule has 0 aliphatic carbocycles. The monoisotopic (exact) mass is 239 g/mol. The van der Waals surface area contributed by atoms with Crippen LogP contribution in [0, 0.1) is 0 Å². The lowest BCUT2D eigenvalue weighted by Crippen LogP contribution is -2.04. The van der Waals surface area contributed by atoms with E-state index in [1.54, 1.807) is 13.0 Å². The van der Waals surface area contributed by atoms with E-state index in [0.717, 1.165) is 0 Å². The van der Waals surface area contributed by atoms with Gasteiger partial charge in [-0.25, -0.2) is 0 Å². The molecule has 1 aromatic rings. The second-order valence-electron chi connectivity index (χ2n) is 3.61. The number of rotatable bonds is 5. The Morgan fingerprint density at radius 1 is 1.35 bits per heavy atom. The second-order valence-corrected chi connectivity index (χ2v) is 3.61. The normalized spacial score (nSPS) is 12.7. The van der Waals surface area contributed by atoms with Crippen molar-refractivity contribution in [3.63, 3.8) is 0 Å². The quantitative estimate of drug-likeness (QED) is 0.758. The third-order valence-electron chi connectivity index (χ3n) is 2.14. The molecule has 2 N–H and O–H groups in total. The van der Waals surface area contributed by atoms with Gasteiger partial charge in [-0.15, -0.1) is 0 Å². The van der Waals surface area contributed by atoms with Gasteiger partial charge in [0.05, 0.1) is 32.4 Å². The number of aliphatic hydroxyl groups is 1. The van der Waals surface area contributed by atoms with Crippen molar-refractivity contribution in [2.45, 2.75) is 13.0 Å². The van der Waals surface area contributed by atoms with Crippen molar-refractivity contribution in [3.8, 4) is 17.2 Å². The smallest absolute Gasteiger partial charge is 0.135 e.